The second-order valence-corrected chi connectivity index (χ2v) is 4.77. The van der Waals surface area contributed by atoms with Gasteiger partial charge in [-0.3, -0.25) is 5.10 Å². The van der Waals surface area contributed by atoms with Crippen molar-refractivity contribution in [3.63, 3.8) is 0 Å². The van der Waals surface area contributed by atoms with Crippen LogP contribution < -0.4 is 0 Å². The largest absolute Gasteiger partial charge is 0.367 e. The molecule has 1 aromatic carbocycles. The standard InChI is InChI=1S/C15H15N3O/c16-8-11-4-1-2-5-13(11)10-19-14-7-3-6-12-9-17-18-15(12)14/h1-2,4-5,9,14H,3,6-7,10H2,(H,17,18)/t14-/m1/s1. The van der Waals surface area contributed by atoms with E-state index in [4.69, 9.17) is 10.00 Å². The van der Waals surface area contributed by atoms with Crippen LogP contribution in [0.2, 0.25) is 0 Å². The molecule has 1 aromatic heterocycles. The monoisotopic (exact) mass is 253 g/mol. The molecular formula is C15H15N3O. The van der Waals surface area contributed by atoms with Crippen molar-refractivity contribution in [3.8, 4) is 6.07 Å². The van der Waals surface area contributed by atoms with Gasteiger partial charge in [0.25, 0.3) is 0 Å². The van der Waals surface area contributed by atoms with Gasteiger partial charge in [-0.15, -0.1) is 0 Å². The predicted molar refractivity (Wildman–Crippen MR) is 70.2 cm³/mol. The van der Waals surface area contributed by atoms with Crippen molar-refractivity contribution in [3.05, 3.63) is 52.8 Å². The zero-order chi connectivity index (χ0) is 13.1. The first-order chi connectivity index (χ1) is 9.38. The molecule has 1 atom stereocenters. The summed E-state index contributed by atoms with van der Waals surface area (Å²) in [6, 6.07) is 9.76. The van der Waals surface area contributed by atoms with Crippen LogP contribution >= 0.6 is 0 Å². The van der Waals surface area contributed by atoms with E-state index < -0.39 is 0 Å². The third kappa shape index (κ3) is 2.38. The van der Waals surface area contributed by atoms with E-state index in [-0.39, 0.29) is 6.10 Å². The fourth-order valence-electron chi connectivity index (χ4n) is 2.53. The van der Waals surface area contributed by atoms with Crippen LogP contribution in [0.1, 0.15) is 41.3 Å². The van der Waals surface area contributed by atoms with Crippen LogP contribution in [0.15, 0.2) is 30.5 Å². The summed E-state index contributed by atoms with van der Waals surface area (Å²) in [6.07, 6.45) is 5.15. The normalized spacial score (nSPS) is 17.7. The predicted octanol–water partition coefficient (Wildman–Crippen LogP) is 2.88. The van der Waals surface area contributed by atoms with Crippen molar-refractivity contribution in [1.82, 2.24) is 10.2 Å². The van der Waals surface area contributed by atoms with Gasteiger partial charge in [-0.25, -0.2) is 0 Å². The molecule has 0 fully saturated rings. The Morgan fingerprint density at radius 3 is 3.21 bits per heavy atom. The Hall–Kier alpha value is -2.12. The summed E-state index contributed by atoms with van der Waals surface area (Å²) in [5, 5.41) is 16.2. The van der Waals surface area contributed by atoms with Crippen molar-refractivity contribution >= 4 is 0 Å². The van der Waals surface area contributed by atoms with Crippen molar-refractivity contribution in [2.75, 3.05) is 0 Å². The van der Waals surface area contributed by atoms with E-state index in [9.17, 15) is 0 Å². The Balaban J connectivity index is 1.73. The Kier molecular flexibility index (Phi) is 3.30. The molecule has 0 saturated heterocycles. The van der Waals surface area contributed by atoms with Crippen molar-refractivity contribution in [1.29, 1.82) is 5.26 Å². The Bertz CT molecular complexity index is 612. The lowest BCUT2D eigenvalue weighted by atomic mass is 9.96. The molecular weight excluding hydrogens is 238 g/mol. The molecule has 0 radical (unpaired) electrons. The number of benzene rings is 1. The summed E-state index contributed by atoms with van der Waals surface area (Å²) in [5.74, 6) is 0. The number of ether oxygens (including phenoxy) is 1. The van der Waals surface area contributed by atoms with Crippen LogP contribution in [-0.2, 0) is 17.8 Å². The molecule has 1 N–H and O–H groups in total. The van der Waals surface area contributed by atoms with Gasteiger partial charge in [0.2, 0.25) is 0 Å². The zero-order valence-electron chi connectivity index (χ0n) is 10.6. The highest BCUT2D eigenvalue weighted by Crippen LogP contribution is 2.31. The minimum absolute atomic E-state index is 0.0676. The number of rotatable bonds is 3. The maximum atomic E-state index is 9.06. The molecule has 96 valence electrons. The Labute approximate surface area is 112 Å². The summed E-state index contributed by atoms with van der Waals surface area (Å²) in [7, 11) is 0. The van der Waals surface area contributed by atoms with Gasteiger partial charge in [0.1, 0.15) is 0 Å². The summed E-state index contributed by atoms with van der Waals surface area (Å²) in [4.78, 5) is 0. The van der Waals surface area contributed by atoms with Gasteiger partial charge in [0.05, 0.1) is 36.2 Å². The lowest BCUT2D eigenvalue weighted by molar-refractivity contribution is 0.0254. The molecule has 0 unspecified atom stereocenters. The number of hydrogen-bond donors (Lipinski definition) is 1. The fraction of sp³-hybridized carbons (Fsp3) is 0.333. The van der Waals surface area contributed by atoms with Gasteiger partial charge in [-0.05, 0) is 36.5 Å². The number of fused-ring (bicyclic) bond motifs is 1. The van der Waals surface area contributed by atoms with Crippen LogP contribution in [0.25, 0.3) is 0 Å². The van der Waals surface area contributed by atoms with E-state index >= 15 is 0 Å². The van der Waals surface area contributed by atoms with E-state index in [2.05, 4.69) is 16.3 Å². The molecule has 4 heteroatoms. The molecule has 4 nitrogen and oxygen atoms in total. The number of nitrogens with one attached hydrogen (secondary N) is 1. The minimum Gasteiger partial charge on any atom is -0.367 e. The van der Waals surface area contributed by atoms with Crippen molar-refractivity contribution < 1.29 is 4.74 Å². The number of hydrogen-bond acceptors (Lipinski definition) is 3. The number of nitrogens with zero attached hydrogens (tertiary/aromatic N) is 2. The highest BCUT2D eigenvalue weighted by Gasteiger charge is 2.22. The first-order valence-corrected chi connectivity index (χ1v) is 6.50. The average molecular weight is 253 g/mol. The Morgan fingerprint density at radius 2 is 2.32 bits per heavy atom. The topological polar surface area (TPSA) is 61.7 Å². The SMILES string of the molecule is N#Cc1ccccc1CO[C@@H]1CCCc2cn[nH]c21. The maximum absolute atomic E-state index is 9.06. The van der Waals surface area contributed by atoms with E-state index in [0.29, 0.717) is 12.2 Å². The van der Waals surface area contributed by atoms with Crippen LogP contribution in [0.3, 0.4) is 0 Å². The zero-order valence-corrected chi connectivity index (χ0v) is 10.6. The van der Waals surface area contributed by atoms with Gasteiger partial charge in [0, 0.05) is 0 Å². The van der Waals surface area contributed by atoms with Crippen molar-refractivity contribution in [2.45, 2.75) is 32.0 Å². The molecule has 1 aliphatic carbocycles. The first kappa shape index (κ1) is 11.9. The second-order valence-electron chi connectivity index (χ2n) is 4.77. The summed E-state index contributed by atoms with van der Waals surface area (Å²) < 4.78 is 5.97. The van der Waals surface area contributed by atoms with E-state index in [0.717, 1.165) is 30.5 Å². The Morgan fingerprint density at radius 1 is 1.42 bits per heavy atom. The summed E-state index contributed by atoms with van der Waals surface area (Å²) in [6.45, 7) is 0.465. The van der Waals surface area contributed by atoms with Crippen LogP contribution in [0, 0.1) is 11.3 Å². The highest BCUT2D eigenvalue weighted by molar-refractivity contribution is 5.36. The number of nitriles is 1. The average Bonchev–Trinajstić information content (AvgIpc) is 2.94. The quantitative estimate of drug-likeness (QED) is 0.914. The number of aromatic nitrogens is 2. The lowest BCUT2D eigenvalue weighted by Gasteiger charge is -2.22. The van der Waals surface area contributed by atoms with Gasteiger partial charge in [-0.1, -0.05) is 18.2 Å². The summed E-state index contributed by atoms with van der Waals surface area (Å²) in [5.41, 5.74) is 3.98. The molecule has 0 amide bonds. The van der Waals surface area contributed by atoms with Gasteiger partial charge in [0.15, 0.2) is 0 Å². The van der Waals surface area contributed by atoms with Crippen LogP contribution in [-0.4, -0.2) is 10.2 Å². The molecule has 1 aliphatic rings. The molecule has 0 bridgehead atoms. The molecule has 0 spiro atoms. The van der Waals surface area contributed by atoms with E-state index in [1.807, 2.05) is 30.5 Å². The first-order valence-electron chi connectivity index (χ1n) is 6.50. The molecule has 19 heavy (non-hydrogen) atoms. The van der Waals surface area contributed by atoms with E-state index in [1.165, 1.54) is 5.56 Å². The highest BCUT2D eigenvalue weighted by atomic mass is 16.5. The minimum atomic E-state index is 0.0676. The maximum Gasteiger partial charge on any atom is 0.0996 e. The third-order valence-corrected chi connectivity index (χ3v) is 3.56. The molecule has 1 heterocycles. The molecule has 3 rings (SSSR count). The second kappa shape index (κ2) is 5.25. The van der Waals surface area contributed by atoms with Crippen LogP contribution in [0.4, 0.5) is 0 Å². The smallest absolute Gasteiger partial charge is 0.0996 e. The fourth-order valence-corrected chi connectivity index (χ4v) is 2.53. The summed E-state index contributed by atoms with van der Waals surface area (Å²) >= 11 is 0. The number of H-pyrrole nitrogens is 1. The molecule has 0 aliphatic heterocycles. The van der Waals surface area contributed by atoms with Gasteiger partial charge >= 0.3 is 0 Å². The third-order valence-electron chi connectivity index (χ3n) is 3.56. The molecule has 0 saturated carbocycles. The van der Waals surface area contributed by atoms with Gasteiger partial charge in [-0.2, -0.15) is 10.4 Å². The van der Waals surface area contributed by atoms with Gasteiger partial charge < -0.3 is 4.74 Å². The molecule has 2 aromatic rings. The number of aryl methyl sites for hydroxylation is 1. The van der Waals surface area contributed by atoms with Crippen molar-refractivity contribution in [2.24, 2.45) is 0 Å². The van der Waals surface area contributed by atoms with E-state index in [1.54, 1.807) is 0 Å². The number of aromatic amines is 1. The van der Waals surface area contributed by atoms with Crippen LogP contribution in [0.5, 0.6) is 0 Å². The lowest BCUT2D eigenvalue weighted by Crippen LogP contribution is -2.12.